The molecule has 0 aliphatic carbocycles. The molecule has 1 atom stereocenters. The Hall–Kier alpha value is -4.74. The van der Waals surface area contributed by atoms with Crippen LogP contribution in [0.3, 0.4) is 0 Å². The van der Waals surface area contributed by atoms with E-state index in [-0.39, 0.29) is 29.2 Å². The van der Waals surface area contributed by atoms with Gasteiger partial charge in [-0.3, -0.25) is 24.0 Å². The van der Waals surface area contributed by atoms with Gasteiger partial charge in [0.25, 0.3) is 15.7 Å². The van der Waals surface area contributed by atoms with Gasteiger partial charge in [0.1, 0.15) is 12.6 Å². The van der Waals surface area contributed by atoms with E-state index in [4.69, 9.17) is 11.6 Å². The summed E-state index contributed by atoms with van der Waals surface area (Å²) in [6, 6.07) is 27.5. The van der Waals surface area contributed by atoms with E-state index < -0.39 is 44.9 Å². The monoisotopic (exact) mass is 662 g/mol. The molecule has 0 heterocycles. The summed E-state index contributed by atoms with van der Waals surface area (Å²) in [5.41, 5.74) is 0.519. The van der Waals surface area contributed by atoms with Gasteiger partial charge in [0, 0.05) is 35.7 Å². The van der Waals surface area contributed by atoms with Crippen molar-refractivity contribution in [2.45, 2.75) is 50.2 Å². The van der Waals surface area contributed by atoms with Crippen LogP contribution < -0.4 is 9.62 Å². The summed E-state index contributed by atoms with van der Waals surface area (Å²) in [6.45, 7) is 4.69. The molecule has 4 aromatic rings. The number of rotatable bonds is 12. The number of amides is 2. The van der Waals surface area contributed by atoms with Gasteiger partial charge >= 0.3 is 0 Å². The highest BCUT2D eigenvalue weighted by molar-refractivity contribution is 7.92. The van der Waals surface area contributed by atoms with Gasteiger partial charge in [-0.1, -0.05) is 78.3 Å². The number of carbonyl (C=O) groups is 2. The number of nitrogens with one attached hydrogen (secondary N) is 1. The van der Waals surface area contributed by atoms with Gasteiger partial charge < -0.3 is 10.2 Å². The van der Waals surface area contributed by atoms with Crippen LogP contribution in [0.5, 0.6) is 0 Å². The van der Waals surface area contributed by atoms with E-state index in [0.717, 1.165) is 9.87 Å². The van der Waals surface area contributed by atoms with E-state index in [2.05, 4.69) is 5.32 Å². The van der Waals surface area contributed by atoms with E-state index in [9.17, 15) is 28.1 Å². The molecule has 2 amide bonds. The predicted octanol–water partition coefficient (Wildman–Crippen LogP) is 6.00. The molecular weight excluding hydrogens is 628 g/mol. The van der Waals surface area contributed by atoms with Gasteiger partial charge in [0.15, 0.2) is 0 Å². The fourth-order valence-corrected chi connectivity index (χ4v) is 6.44. The number of halogens is 1. The largest absolute Gasteiger partial charge is 0.350 e. The quantitative estimate of drug-likeness (QED) is 0.146. The minimum absolute atomic E-state index is 0.0410. The second-order valence-corrected chi connectivity index (χ2v) is 13.9. The van der Waals surface area contributed by atoms with E-state index in [1.54, 1.807) is 42.5 Å². The first kappa shape index (κ1) is 34.1. The average Bonchev–Trinajstić information content (AvgIpc) is 3.02. The number of sulfonamides is 1. The number of nitrogens with zero attached hydrogens (tertiary/aromatic N) is 3. The lowest BCUT2D eigenvalue weighted by atomic mass is 10.0. The standard InChI is InChI=1S/C34H35ClN4O6S/c1-34(2,3)36-33(41)31(22-25-12-6-4-7-13-25)37(23-26-14-10-11-17-30(26)35)32(40)24-38(27-18-20-28(21-19-27)39(42)43)46(44,45)29-15-8-5-9-16-29/h4-21,31H,22-24H2,1-3H3,(H,36,41)/t31-/m0/s1. The molecule has 0 aliphatic heterocycles. The first-order valence-electron chi connectivity index (χ1n) is 14.5. The van der Waals surface area contributed by atoms with Crippen molar-refractivity contribution in [3.63, 3.8) is 0 Å². The van der Waals surface area contributed by atoms with Crippen LogP contribution in [0.15, 0.2) is 114 Å². The summed E-state index contributed by atoms with van der Waals surface area (Å²) >= 11 is 6.52. The summed E-state index contributed by atoms with van der Waals surface area (Å²) in [5.74, 6) is -1.10. The van der Waals surface area contributed by atoms with E-state index >= 15 is 0 Å². The molecule has 0 fully saturated rings. The van der Waals surface area contributed by atoms with Crippen molar-refractivity contribution in [3.8, 4) is 0 Å². The van der Waals surface area contributed by atoms with E-state index in [1.165, 1.54) is 41.3 Å². The third kappa shape index (κ3) is 8.70. The van der Waals surface area contributed by atoms with Gasteiger partial charge in [-0.25, -0.2) is 8.42 Å². The molecule has 4 aromatic carbocycles. The molecule has 46 heavy (non-hydrogen) atoms. The second-order valence-electron chi connectivity index (χ2n) is 11.7. The zero-order valence-corrected chi connectivity index (χ0v) is 27.2. The number of nitro benzene ring substituents is 1. The van der Waals surface area contributed by atoms with E-state index in [0.29, 0.717) is 10.6 Å². The first-order chi connectivity index (χ1) is 21.8. The Balaban J connectivity index is 1.83. The Morgan fingerprint density at radius 2 is 1.43 bits per heavy atom. The molecule has 0 bridgehead atoms. The summed E-state index contributed by atoms with van der Waals surface area (Å²) in [7, 11) is -4.34. The molecule has 0 saturated heterocycles. The smallest absolute Gasteiger partial charge is 0.269 e. The van der Waals surface area contributed by atoms with Gasteiger partial charge in [0.2, 0.25) is 11.8 Å². The van der Waals surface area contributed by atoms with Crippen LogP contribution in [0.1, 0.15) is 31.9 Å². The number of hydrogen-bond acceptors (Lipinski definition) is 6. The zero-order chi connectivity index (χ0) is 33.5. The molecule has 0 spiro atoms. The first-order valence-corrected chi connectivity index (χ1v) is 16.3. The number of benzene rings is 4. The van der Waals surface area contributed by atoms with Crippen molar-refractivity contribution >= 4 is 44.8 Å². The summed E-state index contributed by atoms with van der Waals surface area (Å²) in [5, 5.41) is 14.7. The molecule has 1 N–H and O–H groups in total. The number of anilines is 1. The van der Waals surface area contributed by atoms with Gasteiger partial charge in [-0.15, -0.1) is 0 Å². The predicted molar refractivity (Wildman–Crippen MR) is 178 cm³/mol. The number of nitro groups is 1. The van der Waals surface area contributed by atoms with Crippen molar-refractivity contribution in [2.24, 2.45) is 0 Å². The van der Waals surface area contributed by atoms with Crippen LogP contribution in [0.2, 0.25) is 5.02 Å². The third-order valence-corrected chi connectivity index (χ3v) is 9.18. The highest BCUT2D eigenvalue weighted by Crippen LogP contribution is 2.27. The van der Waals surface area contributed by atoms with Crippen LogP contribution in [-0.4, -0.2) is 48.2 Å². The maximum atomic E-state index is 14.5. The Morgan fingerprint density at radius 3 is 2.00 bits per heavy atom. The molecule has 240 valence electrons. The van der Waals surface area contributed by atoms with Gasteiger partial charge in [0.05, 0.1) is 15.5 Å². The number of carbonyl (C=O) groups excluding carboxylic acids is 2. The minimum atomic E-state index is -4.34. The molecule has 0 aromatic heterocycles. The van der Waals surface area contributed by atoms with Crippen molar-refractivity contribution in [1.29, 1.82) is 0 Å². The molecule has 4 rings (SSSR count). The Bertz CT molecular complexity index is 1780. The average molecular weight is 663 g/mol. The Labute approximate surface area is 273 Å². The maximum absolute atomic E-state index is 14.5. The number of hydrogen-bond donors (Lipinski definition) is 1. The topological polar surface area (TPSA) is 130 Å². The van der Waals surface area contributed by atoms with Crippen LogP contribution in [0.4, 0.5) is 11.4 Å². The molecule has 0 radical (unpaired) electrons. The zero-order valence-electron chi connectivity index (χ0n) is 25.7. The Morgan fingerprint density at radius 1 is 0.870 bits per heavy atom. The van der Waals surface area contributed by atoms with Crippen LogP contribution in [0, 0.1) is 10.1 Å². The lowest BCUT2D eigenvalue weighted by Crippen LogP contribution is -2.56. The summed E-state index contributed by atoms with van der Waals surface area (Å²) in [6.07, 6.45) is 0.141. The van der Waals surface area contributed by atoms with Crippen LogP contribution >= 0.6 is 11.6 Å². The summed E-state index contributed by atoms with van der Waals surface area (Å²) < 4.78 is 28.9. The third-order valence-electron chi connectivity index (χ3n) is 7.03. The fourth-order valence-electron chi connectivity index (χ4n) is 4.81. The van der Waals surface area contributed by atoms with E-state index in [1.807, 2.05) is 51.1 Å². The molecule has 0 aliphatic rings. The maximum Gasteiger partial charge on any atom is 0.269 e. The van der Waals surface area contributed by atoms with Gasteiger partial charge in [-0.05, 0) is 62.2 Å². The normalized spacial score (nSPS) is 12.2. The van der Waals surface area contributed by atoms with Crippen LogP contribution in [0.25, 0.3) is 0 Å². The fraction of sp³-hybridized carbons (Fsp3) is 0.235. The van der Waals surface area contributed by atoms with Crippen molar-refractivity contribution in [3.05, 3.63) is 135 Å². The van der Waals surface area contributed by atoms with Crippen LogP contribution in [-0.2, 0) is 32.6 Å². The van der Waals surface area contributed by atoms with Crippen molar-refractivity contribution in [2.75, 3.05) is 10.8 Å². The molecule has 0 unspecified atom stereocenters. The lowest BCUT2D eigenvalue weighted by Gasteiger charge is -2.35. The second kappa shape index (κ2) is 14.6. The molecule has 12 heteroatoms. The minimum Gasteiger partial charge on any atom is -0.350 e. The van der Waals surface area contributed by atoms with Crippen molar-refractivity contribution < 1.29 is 22.9 Å². The lowest BCUT2D eigenvalue weighted by molar-refractivity contribution is -0.384. The molecular formula is C34H35ClN4O6S. The molecule has 0 saturated carbocycles. The number of non-ortho nitro benzene ring substituents is 1. The highest BCUT2D eigenvalue weighted by atomic mass is 35.5. The van der Waals surface area contributed by atoms with Gasteiger partial charge in [-0.2, -0.15) is 0 Å². The highest BCUT2D eigenvalue weighted by Gasteiger charge is 2.36. The van der Waals surface area contributed by atoms with Crippen molar-refractivity contribution in [1.82, 2.24) is 10.2 Å². The summed E-state index contributed by atoms with van der Waals surface area (Å²) in [4.78, 5) is 40.4. The SMILES string of the molecule is CC(C)(C)NC(=O)[C@H](Cc1ccccc1)N(Cc1ccccc1Cl)C(=O)CN(c1ccc([N+](=O)[O-])cc1)S(=O)(=O)c1ccccc1. The molecule has 10 nitrogen and oxygen atoms in total. The Kier molecular flexibility index (Phi) is 10.8.